The molecule has 1 atom stereocenters. The molecule has 3 rings (SSSR count). The molecule has 1 heterocycles. The zero-order valence-electron chi connectivity index (χ0n) is 27.1. The van der Waals surface area contributed by atoms with Gasteiger partial charge in [0.1, 0.15) is 0 Å². The lowest BCUT2D eigenvalue weighted by atomic mass is 10.0. The molecule has 0 aliphatic carbocycles. The van der Waals surface area contributed by atoms with Gasteiger partial charge in [-0.1, -0.05) is 95.3 Å². The molecule has 0 radical (unpaired) electrons. The summed E-state index contributed by atoms with van der Waals surface area (Å²) in [6, 6.07) is 17.8. The quantitative estimate of drug-likeness (QED) is 0.206. The van der Waals surface area contributed by atoms with E-state index in [-0.39, 0.29) is 0 Å². The number of fused-ring (bicyclic) bond motifs is 1. The Morgan fingerprint density at radius 1 is 0.974 bits per heavy atom. The van der Waals surface area contributed by atoms with Crippen molar-refractivity contribution in [1.82, 2.24) is 10.6 Å². The fraction of sp³-hybridized carbons (Fsp3) is 0.514. The lowest BCUT2D eigenvalue weighted by Crippen LogP contribution is -2.27. The summed E-state index contributed by atoms with van der Waals surface area (Å²) >= 11 is 0. The van der Waals surface area contributed by atoms with Gasteiger partial charge in [0.25, 0.3) is 0 Å². The number of aliphatic hydroxyl groups is 1. The molecular formula is C35H61N3O. The summed E-state index contributed by atoms with van der Waals surface area (Å²) < 4.78 is 0. The zero-order chi connectivity index (χ0) is 31.3. The van der Waals surface area contributed by atoms with Crippen molar-refractivity contribution in [1.29, 1.82) is 5.26 Å². The number of nitriles is 1. The molecule has 1 aliphatic rings. The lowest BCUT2D eigenvalue weighted by molar-refractivity contribution is 0.399. The van der Waals surface area contributed by atoms with Gasteiger partial charge in [-0.05, 0) is 89.9 Å². The Bertz CT molecular complexity index is 832. The SMILES string of the molecule is C#C.C/C=C(\C)C#N.C/C=C/C.C1CCNC1.CC.CC.CCNC(C)Cc1ccc2ccccc2c1.CO. The summed E-state index contributed by atoms with van der Waals surface area (Å²) in [4.78, 5) is 0. The van der Waals surface area contributed by atoms with Crippen molar-refractivity contribution in [3.05, 3.63) is 71.8 Å². The van der Waals surface area contributed by atoms with Crippen molar-refractivity contribution in [3.63, 3.8) is 0 Å². The largest absolute Gasteiger partial charge is 0.400 e. The van der Waals surface area contributed by atoms with Gasteiger partial charge in [0.2, 0.25) is 0 Å². The third-order valence-corrected chi connectivity index (χ3v) is 4.81. The Morgan fingerprint density at radius 2 is 1.46 bits per heavy atom. The van der Waals surface area contributed by atoms with Crippen LogP contribution in [-0.2, 0) is 6.42 Å². The molecule has 0 aromatic heterocycles. The minimum atomic E-state index is 0.547. The third kappa shape index (κ3) is 33.1. The van der Waals surface area contributed by atoms with Gasteiger partial charge in [-0.15, -0.1) is 12.8 Å². The molecule has 4 heteroatoms. The Morgan fingerprint density at radius 3 is 1.79 bits per heavy atom. The fourth-order valence-electron chi connectivity index (χ4n) is 2.83. The van der Waals surface area contributed by atoms with E-state index in [1.807, 2.05) is 66.7 Å². The van der Waals surface area contributed by atoms with E-state index >= 15 is 0 Å². The number of likely N-dealkylation sites (N-methyl/N-ethyl adjacent to an activating group) is 1. The van der Waals surface area contributed by atoms with Crippen LogP contribution >= 0.6 is 0 Å². The van der Waals surface area contributed by atoms with E-state index in [2.05, 4.69) is 79.8 Å². The molecule has 0 saturated carbocycles. The maximum atomic E-state index is 8.02. The molecule has 1 fully saturated rings. The fourth-order valence-corrected chi connectivity index (χ4v) is 2.83. The highest BCUT2D eigenvalue weighted by atomic mass is 16.2. The van der Waals surface area contributed by atoms with Crippen LogP contribution in [0.15, 0.2) is 66.3 Å². The monoisotopic (exact) mass is 539 g/mol. The molecule has 1 saturated heterocycles. The number of hydrogen-bond acceptors (Lipinski definition) is 4. The van der Waals surface area contributed by atoms with E-state index in [9.17, 15) is 0 Å². The Labute approximate surface area is 243 Å². The number of nitrogens with one attached hydrogen (secondary N) is 2. The van der Waals surface area contributed by atoms with E-state index in [1.54, 1.807) is 13.0 Å². The van der Waals surface area contributed by atoms with Gasteiger partial charge in [-0.25, -0.2) is 0 Å². The average molecular weight is 540 g/mol. The topological polar surface area (TPSA) is 68.1 Å². The third-order valence-electron chi connectivity index (χ3n) is 4.81. The van der Waals surface area contributed by atoms with Crippen LogP contribution in [0.25, 0.3) is 10.8 Å². The lowest BCUT2D eigenvalue weighted by Gasteiger charge is -2.12. The molecule has 0 bridgehead atoms. The molecule has 39 heavy (non-hydrogen) atoms. The highest BCUT2D eigenvalue weighted by molar-refractivity contribution is 5.82. The van der Waals surface area contributed by atoms with Crippen LogP contribution < -0.4 is 10.6 Å². The van der Waals surface area contributed by atoms with Crippen molar-refractivity contribution in [2.45, 2.75) is 94.5 Å². The van der Waals surface area contributed by atoms with Crippen molar-refractivity contribution >= 4 is 10.8 Å². The summed E-state index contributed by atoms with van der Waals surface area (Å²) in [5.41, 5.74) is 2.18. The summed E-state index contributed by atoms with van der Waals surface area (Å²) in [5.74, 6) is 0. The molecule has 0 amide bonds. The van der Waals surface area contributed by atoms with Gasteiger partial charge in [0, 0.05) is 18.7 Å². The van der Waals surface area contributed by atoms with Crippen LogP contribution in [0.1, 0.15) is 87.6 Å². The van der Waals surface area contributed by atoms with Gasteiger partial charge in [0.05, 0.1) is 6.07 Å². The van der Waals surface area contributed by atoms with Crippen LogP contribution in [-0.4, -0.2) is 37.9 Å². The van der Waals surface area contributed by atoms with E-state index in [1.165, 1.54) is 42.3 Å². The summed E-state index contributed by atoms with van der Waals surface area (Å²) in [6.07, 6.45) is 17.7. The molecule has 2 aromatic rings. The molecule has 222 valence electrons. The minimum Gasteiger partial charge on any atom is -0.400 e. The predicted octanol–water partition coefficient (Wildman–Crippen LogP) is 8.72. The first kappa shape index (κ1) is 46.0. The molecule has 4 nitrogen and oxygen atoms in total. The number of aliphatic hydroxyl groups excluding tert-OH is 1. The maximum absolute atomic E-state index is 8.02. The highest BCUT2D eigenvalue weighted by Crippen LogP contribution is 2.16. The summed E-state index contributed by atoms with van der Waals surface area (Å²) in [6.45, 7) is 23.5. The van der Waals surface area contributed by atoms with Gasteiger partial charge in [0.15, 0.2) is 0 Å². The number of hydrogen-bond donors (Lipinski definition) is 3. The van der Waals surface area contributed by atoms with Crippen molar-refractivity contribution in [2.24, 2.45) is 0 Å². The van der Waals surface area contributed by atoms with Crippen LogP contribution in [0.2, 0.25) is 0 Å². The standard InChI is InChI=1S/C15H19N.C5H7N.C4H9N.C4H8.2C2H6.C2H2.CH4O/c1-3-16-12(2)10-13-8-9-14-6-4-5-7-15(14)11-13;1-3-5(2)4-6;1-2-4-5-3-1;1-3-4-2;4*1-2/h4-9,11-12,16H,3,10H2,1-2H3;3H,1-2H3;5H,1-4H2;3-4H,1-2H3;2*1-2H3;1-2H;2H,1H3/b;5-3+;;4-3+;;;;. The van der Waals surface area contributed by atoms with Gasteiger partial charge in [-0.2, -0.15) is 5.26 Å². The molecule has 1 aliphatic heterocycles. The minimum absolute atomic E-state index is 0.547. The van der Waals surface area contributed by atoms with Crippen molar-refractivity contribution in [3.8, 4) is 18.9 Å². The number of nitrogens with zero attached hydrogens (tertiary/aromatic N) is 1. The van der Waals surface area contributed by atoms with Crippen LogP contribution in [0.3, 0.4) is 0 Å². The number of allylic oxidation sites excluding steroid dienone is 4. The Kier molecular flexibility index (Phi) is 49.8. The van der Waals surface area contributed by atoms with Gasteiger partial charge in [-0.3, -0.25) is 0 Å². The Balaban J connectivity index is -0.000000140. The smallest absolute Gasteiger partial charge is 0.0940 e. The predicted molar refractivity (Wildman–Crippen MR) is 179 cm³/mol. The molecule has 3 N–H and O–H groups in total. The normalized spacial score (nSPS) is 11.5. The second-order valence-corrected chi connectivity index (χ2v) is 7.55. The molecule has 1 unspecified atom stereocenters. The summed E-state index contributed by atoms with van der Waals surface area (Å²) in [7, 11) is 1.00. The Hall–Kier alpha value is -2.89. The zero-order valence-corrected chi connectivity index (χ0v) is 27.1. The van der Waals surface area contributed by atoms with Crippen molar-refractivity contribution in [2.75, 3.05) is 26.7 Å². The van der Waals surface area contributed by atoms with Crippen LogP contribution in [0.5, 0.6) is 0 Å². The molecular weight excluding hydrogens is 478 g/mol. The first-order valence-corrected chi connectivity index (χ1v) is 14.3. The van der Waals surface area contributed by atoms with E-state index in [0.29, 0.717) is 6.04 Å². The van der Waals surface area contributed by atoms with E-state index < -0.39 is 0 Å². The highest BCUT2D eigenvalue weighted by Gasteiger charge is 2.02. The first-order valence-electron chi connectivity index (χ1n) is 14.3. The average Bonchev–Trinajstić information content (AvgIpc) is 3.62. The second-order valence-electron chi connectivity index (χ2n) is 7.55. The van der Waals surface area contributed by atoms with Crippen molar-refractivity contribution < 1.29 is 5.11 Å². The number of rotatable bonds is 4. The van der Waals surface area contributed by atoms with E-state index in [4.69, 9.17) is 10.4 Å². The molecule has 0 spiro atoms. The van der Waals surface area contributed by atoms with Gasteiger partial charge < -0.3 is 15.7 Å². The second kappa shape index (κ2) is 42.2. The number of terminal acetylenes is 1. The molecule has 2 aromatic carbocycles. The first-order chi connectivity index (χ1) is 19.0. The number of benzene rings is 2. The van der Waals surface area contributed by atoms with E-state index in [0.717, 1.165) is 25.6 Å². The summed E-state index contributed by atoms with van der Waals surface area (Å²) in [5, 5.41) is 24.3. The van der Waals surface area contributed by atoms with Gasteiger partial charge >= 0.3 is 0 Å². The van der Waals surface area contributed by atoms with Crippen LogP contribution in [0.4, 0.5) is 0 Å². The van der Waals surface area contributed by atoms with Crippen LogP contribution in [0, 0.1) is 24.2 Å². The maximum Gasteiger partial charge on any atom is 0.0940 e.